The van der Waals surface area contributed by atoms with E-state index in [1.165, 1.54) is 0 Å². The Kier molecular flexibility index (Phi) is 4.98. The zero-order valence-electron chi connectivity index (χ0n) is 11.6. The van der Waals surface area contributed by atoms with Crippen LogP contribution in [0.5, 0.6) is 0 Å². The number of carboxylic acid groups (broad SMARTS) is 1. The summed E-state index contributed by atoms with van der Waals surface area (Å²) in [5.74, 6) is -1.89. The van der Waals surface area contributed by atoms with Crippen LogP contribution in [0.3, 0.4) is 0 Å². The Morgan fingerprint density at radius 1 is 1.10 bits per heavy atom. The van der Waals surface area contributed by atoms with Crippen molar-refractivity contribution in [3.05, 3.63) is 35.4 Å². The molecule has 0 saturated heterocycles. The van der Waals surface area contributed by atoms with E-state index in [1.807, 2.05) is 0 Å². The molecule has 0 radical (unpaired) electrons. The Labute approximate surface area is 120 Å². The van der Waals surface area contributed by atoms with Gasteiger partial charge < -0.3 is 10.4 Å². The van der Waals surface area contributed by atoms with Crippen molar-refractivity contribution >= 4 is 11.9 Å². The molecule has 0 bridgehead atoms. The lowest BCUT2D eigenvalue weighted by Gasteiger charge is -2.28. The molecule has 0 unspecified atom stereocenters. The highest BCUT2D eigenvalue weighted by Crippen LogP contribution is 2.29. The van der Waals surface area contributed by atoms with E-state index in [1.54, 1.807) is 13.8 Å². The Bertz CT molecular complexity index is 519. The minimum absolute atomic E-state index is 0.0180. The minimum atomic E-state index is -4.48. The van der Waals surface area contributed by atoms with Crippen LogP contribution in [-0.2, 0) is 11.0 Å². The molecule has 0 aliphatic heterocycles. The molecule has 1 aromatic carbocycles. The molecule has 4 nitrogen and oxygen atoms in total. The van der Waals surface area contributed by atoms with Crippen molar-refractivity contribution in [2.24, 2.45) is 0 Å². The number of aliphatic carboxylic acids is 1. The van der Waals surface area contributed by atoms with Crippen LogP contribution in [0.25, 0.3) is 0 Å². The SMILES string of the molecule is CCC(CC)(NC(=O)c1ccc(C(F)(F)F)cc1)C(=O)O. The molecule has 1 amide bonds. The van der Waals surface area contributed by atoms with Gasteiger partial charge in [-0.25, -0.2) is 4.79 Å². The van der Waals surface area contributed by atoms with Crippen molar-refractivity contribution in [1.82, 2.24) is 5.32 Å². The number of halogens is 3. The van der Waals surface area contributed by atoms with Gasteiger partial charge in [0.25, 0.3) is 5.91 Å². The average molecular weight is 303 g/mol. The molecular formula is C14H16F3NO3. The number of amides is 1. The van der Waals surface area contributed by atoms with E-state index in [2.05, 4.69) is 5.32 Å². The van der Waals surface area contributed by atoms with Crippen LogP contribution in [0.4, 0.5) is 13.2 Å². The third kappa shape index (κ3) is 3.74. The molecule has 0 heterocycles. The third-order valence-corrected chi connectivity index (χ3v) is 3.44. The van der Waals surface area contributed by atoms with Crippen LogP contribution in [-0.4, -0.2) is 22.5 Å². The second-order valence-electron chi connectivity index (χ2n) is 4.62. The van der Waals surface area contributed by atoms with Crippen LogP contribution < -0.4 is 5.32 Å². The number of carbonyl (C=O) groups is 2. The summed E-state index contributed by atoms with van der Waals surface area (Å²) in [7, 11) is 0. The molecule has 7 heteroatoms. The Morgan fingerprint density at radius 3 is 1.90 bits per heavy atom. The topological polar surface area (TPSA) is 66.4 Å². The number of alkyl halides is 3. The van der Waals surface area contributed by atoms with E-state index >= 15 is 0 Å². The number of carbonyl (C=O) groups excluding carboxylic acids is 1. The lowest BCUT2D eigenvalue weighted by Crippen LogP contribution is -2.53. The summed E-state index contributed by atoms with van der Waals surface area (Å²) in [5.41, 5.74) is -2.30. The van der Waals surface area contributed by atoms with Crippen molar-refractivity contribution < 1.29 is 27.9 Å². The second-order valence-corrected chi connectivity index (χ2v) is 4.62. The fourth-order valence-electron chi connectivity index (χ4n) is 1.88. The zero-order chi connectivity index (χ0) is 16.3. The molecular weight excluding hydrogens is 287 g/mol. The number of carboxylic acids is 1. The first-order valence-corrected chi connectivity index (χ1v) is 6.39. The van der Waals surface area contributed by atoms with Crippen LogP contribution in [0.1, 0.15) is 42.6 Å². The Morgan fingerprint density at radius 2 is 1.57 bits per heavy atom. The van der Waals surface area contributed by atoms with E-state index in [-0.39, 0.29) is 18.4 Å². The first kappa shape index (κ1) is 17.0. The molecule has 0 fully saturated rings. The molecule has 0 aliphatic carbocycles. The average Bonchev–Trinajstić information content (AvgIpc) is 2.43. The maximum absolute atomic E-state index is 12.4. The molecule has 116 valence electrons. The summed E-state index contributed by atoms with van der Waals surface area (Å²) in [5, 5.41) is 11.6. The lowest BCUT2D eigenvalue weighted by molar-refractivity contribution is -0.144. The standard InChI is InChI=1S/C14H16F3NO3/c1-3-13(4-2,12(20)21)18-11(19)9-5-7-10(8-6-9)14(15,16)17/h5-8H,3-4H2,1-2H3,(H,18,19)(H,20,21). The van der Waals surface area contributed by atoms with Crippen LogP contribution in [0, 0.1) is 0 Å². The van der Waals surface area contributed by atoms with E-state index < -0.39 is 29.2 Å². The number of hydrogen-bond acceptors (Lipinski definition) is 2. The molecule has 21 heavy (non-hydrogen) atoms. The van der Waals surface area contributed by atoms with E-state index in [0.29, 0.717) is 0 Å². The number of benzene rings is 1. The summed E-state index contributed by atoms with van der Waals surface area (Å²) in [4.78, 5) is 23.3. The van der Waals surface area contributed by atoms with Crippen molar-refractivity contribution in [3.8, 4) is 0 Å². The van der Waals surface area contributed by atoms with Gasteiger partial charge in [-0.3, -0.25) is 4.79 Å². The van der Waals surface area contributed by atoms with Gasteiger partial charge in [-0.1, -0.05) is 13.8 Å². The van der Waals surface area contributed by atoms with Gasteiger partial charge in [0, 0.05) is 5.56 Å². The molecule has 0 aliphatic rings. The maximum atomic E-state index is 12.4. The molecule has 0 atom stereocenters. The molecule has 1 rings (SSSR count). The van der Waals surface area contributed by atoms with Crippen molar-refractivity contribution in [1.29, 1.82) is 0 Å². The molecule has 0 saturated carbocycles. The summed E-state index contributed by atoms with van der Waals surface area (Å²) >= 11 is 0. The quantitative estimate of drug-likeness (QED) is 0.878. The highest BCUT2D eigenvalue weighted by atomic mass is 19.4. The van der Waals surface area contributed by atoms with Gasteiger partial charge in [-0.15, -0.1) is 0 Å². The highest BCUT2D eigenvalue weighted by molar-refractivity contribution is 5.97. The Balaban J connectivity index is 2.96. The molecule has 2 N–H and O–H groups in total. The summed E-state index contributed by atoms with van der Waals surface area (Å²) in [6.45, 7) is 3.23. The van der Waals surface area contributed by atoms with Crippen molar-refractivity contribution in [3.63, 3.8) is 0 Å². The first-order valence-electron chi connectivity index (χ1n) is 6.39. The number of nitrogens with one attached hydrogen (secondary N) is 1. The number of rotatable bonds is 5. The van der Waals surface area contributed by atoms with Crippen LogP contribution in [0.15, 0.2) is 24.3 Å². The number of hydrogen-bond donors (Lipinski definition) is 2. The van der Waals surface area contributed by atoms with Crippen LogP contribution >= 0.6 is 0 Å². The van der Waals surface area contributed by atoms with E-state index in [0.717, 1.165) is 24.3 Å². The van der Waals surface area contributed by atoms with Crippen LogP contribution in [0.2, 0.25) is 0 Å². The molecule has 1 aromatic rings. The summed E-state index contributed by atoms with van der Waals surface area (Å²) in [6.07, 6.45) is -4.14. The third-order valence-electron chi connectivity index (χ3n) is 3.44. The summed E-state index contributed by atoms with van der Waals surface area (Å²) in [6, 6.07) is 3.62. The van der Waals surface area contributed by atoms with Gasteiger partial charge in [0.1, 0.15) is 5.54 Å². The van der Waals surface area contributed by atoms with E-state index in [9.17, 15) is 27.9 Å². The molecule has 0 aromatic heterocycles. The summed E-state index contributed by atoms with van der Waals surface area (Å²) < 4.78 is 37.3. The monoisotopic (exact) mass is 303 g/mol. The van der Waals surface area contributed by atoms with Gasteiger partial charge in [0.15, 0.2) is 0 Å². The van der Waals surface area contributed by atoms with Gasteiger partial charge in [0.05, 0.1) is 5.56 Å². The normalized spacial score (nSPS) is 12.0. The van der Waals surface area contributed by atoms with Crippen molar-refractivity contribution in [2.45, 2.75) is 38.4 Å². The smallest absolute Gasteiger partial charge is 0.416 e. The first-order chi connectivity index (χ1) is 9.66. The fourth-order valence-corrected chi connectivity index (χ4v) is 1.88. The second kappa shape index (κ2) is 6.15. The Hall–Kier alpha value is -2.05. The van der Waals surface area contributed by atoms with Gasteiger partial charge >= 0.3 is 12.1 Å². The molecule has 0 spiro atoms. The van der Waals surface area contributed by atoms with Crippen molar-refractivity contribution in [2.75, 3.05) is 0 Å². The van der Waals surface area contributed by atoms with Gasteiger partial charge in [-0.05, 0) is 37.1 Å². The minimum Gasteiger partial charge on any atom is -0.480 e. The van der Waals surface area contributed by atoms with E-state index in [4.69, 9.17) is 0 Å². The zero-order valence-corrected chi connectivity index (χ0v) is 11.6. The van der Waals surface area contributed by atoms with Gasteiger partial charge in [-0.2, -0.15) is 13.2 Å². The predicted molar refractivity (Wildman–Crippen MR) is 69.9 cm³/mol. The maximum Gasteiger partial charge on any atom is 0.416 e. The fraction of sp³-hybridized carbons (Fsp3) is 0.429. The highest BCUT2D eigenvalue weighted by Gasteiger charge is 2.37. The lowest BCUT2D eigenvalue weighted by atomic mass is 9.92. The van der Waals surface area contributed by atoms with Gasteiger partial charge in [0.2, 0.25) is 0 Å². The largest absolute Gasteiger partial charge is 0.480 e. The predicted octanol–water partition coefficient (Wildman–Crippen LogP) is 3.08.